The van der Waals surface area contributed by atoms with Crippen LogP contribution in [0.1, 0.15) is 5.82 Å². The van der Waals surface area contributed by atoms with Crippen molar-refractivity contribution in [3.8, 4) is 0 Å². The average Bonchev–Trinajstić information content (AvgIpc) is 3.31. The molecule has 0 bridgehead atoms. The molecule has 2 aliphatic rings. The summed E-state index contributed by atoms with van der Waals surface area (Å²) in [5.41, 5.74) is 7.39. The van der Waals surface area contributed by atoms with E-state index in [2.05, 4.69) is 30.6 Å². The molecule has 2 aliphatic heterocycles. The Morgan fingerprint density at radius 3 is 2.91 bits per heavy atom. The number of thioether (sulfide) groups is 2. The lowest BCUT2D eigenvalue weighted by Crippen LogP contribution is -2.71. The summed E-state index contributed by atoms with van der Waals surface area (Å²) in [6.45, 7) is 0. The van der Waals surface area contributed by atoms with Gasteiger partial charge >= 0.3 is 5.97 Å². The van der Waals surface area contributed by atoms with Crippen molar-refractivity contribution in [2.24, 2.45) is 5.16 Å². The zero-order valence-corrected chi connectivity index (χ0v) is 20.4. The number of nitrogens with two attached hydrogens (primary N) is 1. The molecule has 4 N–H and O–H groups in total. The minimum atomic E-state index is -1.22. The maximum absolute atomic E-state index is 12.9. The number of carbonyl (C=O) groups is 3. The van der Waals surface area contributed by atoms with Crippen LogP contribution in [0.5, 0.6) is 0 Å². The summed E-state index contributed by atoms with van der Waals surface area (Å²) in [4.78, 5) is 51.5. The second-order valence-electron chi connectivity index (χ2n) is 6.67. The Bertz CT molecular complexity index is 1190. The molecule has 34 heavy (non-hydrogen) atoms. The zero-order valence-electron chi connectivity index (χ0n) is 17.2. The average molecular weight is 543 g/mol. The van der Waals surface area contributed by atoms with E-state index < -0.39 is 29.2 Å². The number of amides is 2. The molecule has 13 nitrogen and oxygen atoms in total. The summed E-state index contributed by atoms with van der Waals surface area (Å²) >= 11 is 9.90. The molecular weight excluding hydrogens is 528 g/mol. The first kappa shape index (κ1) is 24.2. The van der Waals surface area contributed by atoms with E-state index in [1.54, 1.807) is 5.51 Å². The predicted octanol–water partition coefficient (Wildman–Crippen LogP) is 0.445. The largest absolute Gasteiger partial charge is 0.477 e. The van der Waals surface area contributed by atoms with Crippen molar-refractivity contribution < 1.29 is 24.3 Å². The molecule has 0 radical (unpaired) electrons. The van der Waals surface area contributed by atoms with Crippen LogP contribution in [0.4, 0.5) is 5.82 Å². The summed E-state index contributed by atoms with van der Waals surface area (Å²) < 4.78 is 0.693. The van der Waals surface area contributed by atoms with Gasteiger partial charge in [-0.1, -0.05) is 39.9 Å². The molecule has 1 unspecified atom stereocenters. The molecule has 4 rings (SSSR count). The van der Waals surface area contributed by atoms with Gasteiger partial charge < -0.3 is 21.0 Å². The monoisotopic (exact) mass is 542 g/mol. The lowest BCUT2D eigenvalue weighted by Gasteiger charge is -2.49. The van der Waals surface area contributed by atoms with Crippen LogP contribution in [0.2, 0.25) is 5.15 Å². The number of aliphatic carboxylic acids is 1. The van der Waals surface area contributed by atoms with Crippen LogP contribution >= 0.6 is 46.5 Å². The van der Waals surface area contributed by atoms with Gasteiger partial charge in [-0.05, 0) is 5.57 Å². The highest BCUT2D eigenvalue weighted by molar-refractivity contribution is 8.01. The first-order valence-corrected chi connectivity index (χ1v) is 12.6. The van der Waals surface area contributed by atoms with Gasteiger partial charge in [0.1, 0.15) is 40.7 Å². The Kier molecular flexibility index (Phi) is 7.20. The highest BCUT2D eigenvalue weighted by atomic mass is 35.5. The Labute approximate surface area is 209 Å². The van der Waals surface area contributed by atoms with E-state index >= 15 is 0 Å². The van der Waals surface area contributed by atoms with Crippen molar-refractivity contribution in [2.75, 3.05) is 24.3 Å². The molecule has 1 fully saturated rings. The van der Waals surface area contributed by atoms with Crippen LogP contribution in [-0.4, -0.2) is 83.7 Å². The molecule has 0 aromatic carbocycles. The number of carbonyl (C=O) groups excluding carboxylic acids is 2. The molecule has 1 saturated heterocycles. The van der Waals surface area contributed by atoms with Crippen molar-refractivity contribution in [3.63, 3.8) is 0 Å². The predicted molar refractivity (Wildman–Crippen MR) is 125 cm³/mol. The fraction of sp³-hybridized carbons (Fsp3) is 0.294. The summed E-state index contributed by atoms with van der Waals surface area (Å²) in [6.07, 6.45) is 0. The molecule has 17 heteroatoms. The Morgan fingerprint density at radius 2 is 2.26 bits per heavy atom. The number of carboxylic acid groups (broad SMARTS) is 1. The van der Waals surface area contributed by atoms with Gasteiger partial charge in [-0.15, -0.1) is 22.0 Å². The first-order chi connectivity index (χ1) is 16.3. The van der Waals surface area contributed by atoms with E-state index in [-0.39, 0.29) is 28.2 Å². The van der Waals surface area contributed by atoms with Gasteiger partial charge in [0.25, 0.3) is 11.8 Å². The van der Waals surface area contributed by atoms with Crippen molar-refractivity contribution in [1.82, 2.24) is 30.4 Å². The molecular formula is C17H15ClN8O5S3. The maximum Gasteiger partial charge on any atom is 0.352 e. The summed E-state index contributed by atoms with van der Waals surface area (Å²) in [5.74, 6) is -2.07. The van der Waals surface area contributed by atoms with E-state index in [0.29, 0.717) is 21.4 Å². The van der Waals surface area contributed by atoms with Gasteiger partial charge in [-0.3, -0.25) is 14.5 Å². The SMILES string of the molecule is CON=C(C(=O)NC1C(=O)N2C(C(=O)O)=C(CSc3nncs3)CS[C@H]12)c1nc(N)cc(Cl)n1. The van der Waals surface area contributed by atoms with Gasteiger partial charge in [0.05, 0.1) is 0 Å². The van der Waals surface area contributed by atoms with Gasteiger partial charge in [0.15, 0.2) is 10.2 Å². The molecule has 0 spiro atoms. The number of aromatic nitrogens is 4. The van der Waals surface area contributed by atoms with E-state index in [1.807, 2.05) is 0 Å². The lowest BCUT2D eigenvalue weighted by atomic mass is 10.0. The first-order valence-electron chi connectivity index (χ1n) is 9.31. The van der Waals surface area contributed by atoms with Crippen LogP contribution in [-0.2, 0) is 19.2 Å². The number of nitrogen functional groups attached to an aromatic ring is 1. The molecule has 2 atom stereocenters. The van der Waals surface area contributed by atoms with Crippen molar-refractivity contribution in [2.45, 2.75) is 15.8 Å². The van der Waals surface area contributed by atoms with Crippen molar-refractivity contribution >= 4 is 75.8 Å². The van der Waals surface area contributed by atoms with E-state index in [4.69, 9.17) is 22.2 Å². The maximum atomic E-state index is 12.9. The third-order valence-corrected chi connectivity index (χ3v) is 8.05. The number of oxime groups is 1. The van der Waals surface area contributed by atoms with Gasteiger partial charge in [-0.25, -0.2) is 14.8 Å². The van der Waals surface area contributed by atoms with Crippen molar-refractivity contribution in [3.05, 3.63) is 33.8 Å². The van der Waals surface area contributed by atoms with Crippen LogP contribution in [0, 0.1) is 0 Å². The number of nitrogens with one attached hydrogen (secondary N) is 1. The summed E-state index contributed by atoms with van der Waals surface area (Å²) in [7, 11) is 1.22. The third-order valence-electron chi connectivity index (χ3n) is 4.57. The molecule has 0 saturated carbocycles. The molecule has 2 aromatic rings. The molecule has 178 valence electrons. The third kappa shape index (κ3) is 4.79. The number of halogens is 1. The number of carboxylic acids is 1. The number of β-lactam (4-membered cyclic amide) rings is 1. The number of rotatable bonds is 8. The second-order valence-corrected chi connectivity index (χ2v) is 10.2. The number of anilines is 1. The van der Waals surface area contributed by atoms with Gasteiger partial charge in [-0.2, -0.15) is 0 Å². The minimum absolute atomic E-state index is 0.00972. The number of nitrogens with zero attached hydrogens (tertiary/aromatic N) is 6. The molecule has 4 heterocycles. The minimum Gasteiger partial charge on any atom is -0.477 e. The number of hydrogen-bond acceptors (Lipinski definition) is 13. The summed E-state index contributed by atoms with van der Waals surface area (Å²) in [5, 5.41) is 23.0. The molecule has 2 aromatic heterocycles. The smallest absolute Gasteiger partial charge is 0.352 e. The van der Waals surface area contributed by atoms with Crippen LogP contribution in [0.3, 0.4) is 0 Å². The zero-order chi connectivity index (χ0) is 24.4. The Hall–Kier alpha value is -2.95. The quantitative estimate of drug-likeness (QED) is 0.138. The lowest BCUT2D eigenvalue weighted by molar-refractivity contribution is -0.150. The fourth-order valence-electron chi connectivity index (χ4n) is 3.19. The number of hydrogen-bond donors (Lipinski definition) is 3. The molecule has 2 amide bonds. The van der Waals surface area contributed by atoms with Crippen LogP contribution in [0.25, 0.3) is 0 Å². The van der Waals surface area contributed by atoms with Gasteiger partial charge in [0, 0.05) is 17.6 Å². The Morgan fingerprint density at radius 1 is 1.47 bits per heavy atom. The normalized spacial score (nSPS) is 20.0. The fourth-order valence-corrected chi connectivity index (χ4v) is 6.36. The topological polar surface area (TPSA) is 186 Å². The highest BCUT2D eigenvalue weighted by Gasteiger charge is 2.54. The van der Waals surface area contributed by atoms with E-state index in [9.17, 15) is 19.5 Å². The van der Waals surface area contributed by atoms with Crippen molar-refractivity contribution in [1.29, 1.82) is 0 Å². The second kappa shape index (κ2) is 10.1. The molecule has 0 aliphatic carbocycles. The van der Waals surface area contributed by atoms with Crippen LogP contribution < -0.4 is 11.1 Å². The summed E-state index contributed by atoms with van der Waals surface area (Å²) in [6, 6.07) is 0.308. The van der Waals surface area contributed by atoms with E-state index in [0.717, 1.165) is 0 Å². The highest BCUT2D eigenvalue weighted by Crippen LogP contribution is 2.41. The van der Waals surface area contributed by atoms with Crippen LogP contribution in [0.15, 0.2) is 32.3 Å². The standard InChI is InChI=1S/C17H15ClN8O5S3/c1-31-25-9(12-21-7(18)2-8(19)22-12)13(27)23-10-14(28)26-11(16(29)30)6(3-32-15(10)26)4-33-17-24-20-5-34-17/h2,5,10,15H,3-4H2,1H3,(H,23,27)(H,29,30)(H2,19,21,22)/t10?,15-/m1/s1. The van der Waals surface area contributed by atoms with Gasteiger partial charge in [0.2, 0.25) is 5.71 Å². The Balaban J connectivity index is 1.51. The van der Waals surface area contributed by atoms with E-state index in [1.165, 1.54) is 52.9 Å². The number of fused-ring (bicyclic) bond motifs is 1.